The Bertz CT molecular complexity index is 480. The Hall–Kier alpha value is -1.13. The summed E-state index contributed by atoms with van der Waals surface area (Å²) < 4.78 is 0. The van der Waals surface area contributed by atoms with Crippen LogP contribution < -0.4 is 10.6 Å². The van der Waals surface area contributed by atoms with E-state index in [0.717, 1.165) is 30.5 Å². The molecule has 1 aromatic rings. The van der Waals surface area contributed by atoms with E-state index in [-0.39, 0.29) is 0 Å². The number of anilines is 1. The van der Waals surface area contributed by atoms with Crippen LogP contribution in [0.4, 0.5) is 5.69 Å². The standard InChI is InChI=1S/C16H26N4/c1-12-9-16(15(10-17)13(2)18-12)20-8-5-14(11-20)19-6-3-4-7-19/h9,14H,3-8,10-11,17H2,1-2H3. The maximum atomic E-state index is 5.95. The van der Waals surface area contributed by atoms with Crippen molar-refractivity contribution in [3.63, 3.8) is 0 Å². The summed E-state index contributed by atoms with van der Waals surface area (Å²) in [4.78, 5) is 9.75. The van der Waals surface area contributed by atoms with Crippen molar-refractivity contribution in [2.45, 2.75) is 45.7 Å². The van der Waals surface area contributed by atoms with Gasteiger partial charge in [-0.3, -0.25) is 9.88 Å². The fourth-order valence-corrected chi connectivity index (χ4v) is 3.73. The predicted molar refractivity (Wildman–Crippen MR) is 83.0 cm³/mol. The Kier molecular flexibility index (Phi) is 3.94. The summed E-state index contributed by atoms with van der Waals surface area (Å²) in [7, 11) is 0. The van der Waals surface area contributed by atoms with Crippen molar-refractivity contribution in [2.24, 2.45) is 5.73 Å². The van der Waals surface area contributed by atoms with Crippen molar-refractivity contribution in [3.8, 4) is 0 Å². The summed E-state index contributed by atoms with van der Waals surface area (Å²) in [6, 6.07) is 2.94. The van der Waals surface area contributed by atoms with Crippen molar-refractivity contribution in [3.05, 3.63) is 23.0 Å². The first-order chi connectivity index (χ1) is 9.69. The quantitative estimate of drug-likeness (QED) is 0.913. The number of rotatable bonds is 3. The fourth-order valence-electron chi connectivity index (χ4n) is 3.73. The van der Waals surface area contributed by atoms with E-state index in [1.807, 2.05) is 0 Å². The van der Waals surface area contributed by atoms with E-state index in [9.17, 15) is 0 Å². The first kappa shape index (κ1) is 13.8. The molecule has 0 amide bonds. The molecule has 2 aliphatic rings. The lowest BCUT2D eigenvalue weighted by atomic mass is 10.1. The minimum absolute atomic E-state index is 0.583. The average Bonchev–Trinajstić information content (AvgIpc) is 3.09. The lowest BCUT2D eigenvalue weighted by Crippen LogP contribution is -2.35. The molecule has 0 spiro atoms. The van der Waals surface area contributed by atoms with E-state index in [1.54, 1.807) is 0 Å². The SMILES string of the molecule is Cc1cc(N2CCC(N3CCCC3)C2)c(CN)c(C)n1. The van der Waals surface area contributed by atoms with Crippen molar-refractivity contribution in [1.29, 1.82) is 0 Å². The lowest BCUT2D eigenvalue weighted by Gasteiger charge is -2.26. The molecule has 3 rings (SSSR count). The van der Waals surface area contributed by atoms with E-state index in [0.29, 0.717) is 6.54 Å². The van der Waals surface area contributed by atoms with Crippen LogP contribution in [0.25, 0.3) is 0 Å². The Labute approximate surface area is 122 Å². The number of aryl methyl sites for hydroxylation is 2. The van der Waals surface area contributed by atoms with Crippen molar-refractivity contribution >= 4 is 5.69 Å². The molecule has 1 atom stereocenters. The van der Waals surface area contributed by atoms with Crippen LogP contribution in [0.5, 0.6) is 0 Å². The summed E-state index contributed by atoms with van der Waals surface area (Å²) in [5.41, 5.74) is 10.7. The van der Waals surface area contributed by atoms with E-state index in [4.69, 9.17) is 5.73 Å². The molecular formula is C16H26N4. The highest BCUT2D eigenvalue weighted by Crippen LogP contribution is 2.29. The van der Waals surface area contributed by atoms with Gasteiger partial charge in [0.05, 0.1) is 0 Å². The zero-order valence-corrected chi connectivity index (χ0v) is 12.7. The molecule has 2 N–H and O–H groups in total. The summed E-state index contributed by atoms with van der Waals surface area (Å²) in [6.45, 7) is 9.61. The van der Waals surface area contributed by atoms with Crippen LogP contribution in [-0.2, 0) is 6.54 Å². The normalized spacial score (nSPS) is 23.8. The third-order valence-corrected chi connectivity index (χ3v) is 4.80. The van der Waals surface area contributed by atoms with E-state index in [2.05, 4.69) is 34.7 Å². The highest BCUT2D eigenvalue weighted by atomic mass is 15.3. The number of aromatic nitrogens is 1. The molecule has 4 nitrogen and oxygen atoms in total. The van der Waals surface area contributed by atoms with E-state index >= 15 is 0 Å². The van der Waals surface area contributed by atoms with Gasteiger partial charge < -0.3 is 10.6 Å². The van der Waals surface area contributed by atoms with Gasteiger partial charge in [0, 0.05) is 48.3 Å². The maximum absolute atomic E-state index is 5.95. The van der Waals surface area contributed by atoms with Gasteiger partial charge in [0.15, 0.2) is 0 Å². The molecule has 2 aliphatic heterocycles. The average molecular weight is 274 g/mol. The zero-order chi connectivity index (χ0) is 14.1. The first-order valence-corrected chi connectivity index (χ1v) is 7.85. The predicted octanol–water partition coefficient (Wildman–Crippen LogP) is 1.83. The summed E-state index contributed by atoms with van der Waals surface area (Å²) in [6.07, 6.45) is 4.03. The third kappa shape index (κ3) is 2.54. The Morgan fingerprint density at radius 1 is 1.25 bits per heavy atom. The molecule has 2 fully saturated rings. The smallest absolute Gasteiger partial charge is 0.0448 e. The van der Waals surface area contributed by atoms with E-state index in [1.165, 1.54) is 43.6 Å². The van der Waals surface area contributed by atoms with Gasteiger partial charge in [0.2, 0.25) is 0 Å². The van der Waals surface area contributed by atoms with Gasteiger partial charge in [-0.25, -0.2) is 0 Å². The van der Waals surface area contributed by atoms with Gasteiger partial charge in [0.25, 0.3) is 0 Å². The molecule has 4 heteroatoms. The largest absolute Gasteiger partial charge is 0.370 e. The Morgan fingerprint density at radius 2 is 2.00 bits per heavy atom. The first-order valence-electron chi connectivity index (χ1n) is 7.85. The van der Waals surface area contributed by atoms with Crippen molar-refractivity contribution in [1.82, 2.24) is 9.88 Å². The monoisotopic (exact) mass is 274 g/mol. The highest BCUT2D eigenvalue weighted by molar-refractivity contribution is 5.57. The van der Waals surface area contributed by atoms with Crippen LogP contribution in [0, 0.1) is 13.8 Å². The Morgan fingerprint density at radius 3 is 2.70 bits per heavy atom. The van der Waals surface area contributed by atoms with Gasteiger partial charge >= 0.3 is 0 Å². The number of hydrogen-bond donors (Lipinski definition) is 1. The molecule has 20 heavy (non-hydrogen) atoms. The minimum Gasteiger partial charge on any atom is -0.370 e. The van der Waals surface area contributed by atoms with Crippen LogP contribution in [0.15, 0.2) is 6.07 Å². The van der Waals surface area contributed by atoms with Crippen LogP contribution >= 0.6 is 0 Å². The molecule has 0 aromatic carbocycles. The number of nitrogens with zero attached hydrogens (tertiary/aromatic N) is 3. The summed E-state index contributed by atoms with van der Waals surface area (Å²) >= 11 is 0. The van der Waals surface area contributed by atoms with Crippen LogP contribution in [0.1, 0.15) is 36.2 Å². The molecular weight excluding hydrogens is 248 g/mol. The second-order valence-corrected chi connectivity index (χ2v) is 6.18. The molecule has 3 heterocycles. The van der Waals surface area contributed by atoms with Gasteiger partial charge in [0.1, 0.15) is 0 Å². The molecule has 0 radical (unpaired) electrons. The second kappa shape index (κ2) is 5.70. The summed E-state index contributed by atoms with van der Waals surface area (Å²) in [5.74, 6) is 0. The lowest BCUT2D eigenvalue weighted by molar-refractivity contribution is 0.260. The number of pyridine rings is 1. The molecule has 2 saturated heterocycles. The maximum Gasteiger partial charge on any atom is 0.0448 e. The minimum atomic E-state index is 0.583. The molecule has 110 valence electrons. The van der Waals surface area contributed by atoms with Crippen LogP contribution in [-0.4, -0.2) is 42.1 Å². The molecule has 1 unspecified atom stereocenters. The molecule has 1 aromatic heterocycles. The third-order valence-electron chi connectivity index (χ3n) is 4.80. The van der Waals surface area contributed by atoms with Crippen molar-refractivity contribution in [2.75, 3.05) is 31.1 Å². The number of hydrogen-bond acceptors (Lipinski definition) is 4. The highest BCUT2D eigenvalue weighted by Gasteiger charge is 2.30. The topological polar surface area (TPSA) is 45.4 Å². The number of nitrogens with two attached hydrogens (primary N) is 1. The second-order valence-electron chi connectivity index (χ2n) is 6.18. The zero-order valence-electron chi connectivity index (χ0n) is 12.7. The summed E-state index contributed by atoms with van der Waals surface area (Å²) in [5, 5.41) is 0. The van der Waals surface area contributed by atoms with Crippen LogP contribution in [0.3, 0.4) is 0 Å². The molecule has 0 bridgehead atoms. The van der Waals surface area contributed by atoms with Crippen molar-refractivity contribution < 1.29 is 0 Å². The van der Waals surface area contributed by atoms with E-state index < -0.39 is 0 Å². The van der Waals surface area contributed by atoms with Gasteiger partial charge in [-0.15, -0.1) is 0 Å². The van der Waals surface area contributed by atoms with Gasteiger partial charge in [-0.1, -0.05) is 0 Å². The van der Waals surface area contributed by atoms with Gasteiger partial charge in [-0.2, -0.15) is 0 Å². The fraction of sp³-hybridized carbons (Fsp3) is 0.688. The molecule has 0 aliphatic carbocycles. The van der Waals surface area contributed by atoms with Gasteiger partial charge in [-0.05, 0) is 52.3 Å². The Balaban J connectivity index is 1.80. The van der Waals surface area contributed by atoms with Crippen LogP contribution in [0.2, 0.25) is 0 Å². The number of likely N-dealkylation sites (tertiary alicyclic amines) is 1. The molecule has 0 saturated carbocycles.